The Bertz CT molecular complexity index is 1690. The summed E-state index contributed by atoms with van der Waals surface area (Å²) in [7, 11) is 0. The highest BCUT2D eigenvalue weighted by Crippen LogP contribution is 2.25. The Balaban J connectivity index is 1.51. The Morgan fingerprint density at radius 2 is 1.48 bits per heavy atom. The van der Waals surface area contributed by atoms with Gasteiger partial charge in [-0.3, -0.25) is 5.32 Å². The zero-order valence-electron chi connectivity index (χ0n) is 27.8. The third-order valence-corrected chi connectivity index (χ3v) is 6.35. The number of rotatable bonds is 8. The van der Waals surface area contributed by atoms with Crippen molar-refractivity contribution in [2.24, 2.45) is 4.99 Å². The predicted octanol–water partition coefficient (Wildman–Crippen LogP) is 6.63. The SMILES string of the molecule is CC(C)(C)OC(=O)/N=C(\NC(=O)OC(C)(C)C)Nc1ccc(C[C@H](NC(=O)OCc2ccccc2)C(O)c2nc3ccccc3o2)cc1. The molecular weight excluding hydrogens is 618 g/mol. The van der Waals surface area contributed by atoms with Crippen molar-refractivity contribution in [3.8, 4) is 0 Å². The van der Waals surface area contributed by atoms with Gasteiger partial charge >= 0.3 is 18.3 Å². The van der Waals surface area contributed by atoms with Gasteiger partial charge in [-0.05, 0) is 83.4 Å². The second-order valence-corrected chi connectivity index (χ2v) is 12.9. The van der Waals surface area contributed by atoms with Crippen LogP contribution in [0.2, 0.25) is 0 Å². The van der Waals surface area contributed by atoms with Gasteiger partial charge in [0.05, 0.1) is 6.04 Å². The molecule has 1 unspecified atom stereocenters. The molecule has 254 valence electrons. The Morgan fingerprint density at radius 1 is 0.833 bits per heavy atom. The fourth-order valence-corrected chi connectivity index (χ4v) is 4.32. The highest BCUT2D eigenvalue weighted by Gasteiger charge is 2.28. The molecule has 1 aromatic heterocycles. The van der Waals surface area contributed by atoms with E-state index in [2.05, 4.69) is 25.9 Å². The summed E-state index contributed by atoms with van der Waals surface area (Å²) in [6.45, 7) is 10.2. The van der Waals surface area contributed by atoms with Gasteiger partial charge in [-0.25, -0.2) is 19.4 Å². The fourth-order valence-electron chi connectivity index (χ4n) is 4.32. The van der Waals surface area contributed by atoms with Crippen molar-refractivity contribution in [3.63, 3.8) is 0 Å². The highest BCUT2D eigenvalue weighted by molar-refractivity contribution is 6.06. The molecule has 4 N–H and O–H groups in total. The van der Waals surface area contributed by atoms with E-state index >= 15 is 0 Å². The van der Waals surface area contributed by atoms with Crippen LogP contribution in [0, 0.1) is 0 Å². The van der Waals surface area contributed by atoms with E-state index in [-0.39, 0.29) is 24.9 Å². The maximum atomic E-state index is 12.8. The average Bonchev–Trinajstić information content (AvgIpc) is 3.43. The lowest BCUT2D eigenvalue weighted by atomic mass is 10.0. The lowest BCUT2D eigenvalue weighted by molar-refractivity contribution is 0.0562. The number of aliphatic hydroxyl groups excluding tert-OH is 1. The number of para-hydroxylation sites is 2. The first-order valence-corrected chi connectivity index (χ1v) is 15.3. The molecule has 13 nitrogen and oxygen atoms in total. The second-order valence-electron chi connectivity index (χ2n) is 12.9. The van der Waals surface area contributed by atoms with Gasteiger partial charge in [-0.15, -0.1) is 4.99 Å². The number of guanidine groups is 1. The standard InChI is InChI=1S/C35H41N5O8/c1-34(2,3)47-32(43)39-30(40-33(44)48-35(4,5)6)36-24-18-16-22(17-19-24)20-26(38-31(42)45-21-23-12-8-7-9-13-23)28(41)29-37-25-14-10-11-15-27(25)46-29/h7-19,26,28,41H,20-21H2,1-6H3,(H,38,42)(H2,36,39,40,43,44)/t26-,28?/m0/s1. The molecule has 0 aliphatic carbocycles. The fraction of sp³-hybridized carbons (Fsp3) is 0.343. The van der Waals surface area contributed by atoms with Crippen molar-refractivity contribution in [1.82, 2.24) is 15.6 Å². The molecule has 13 heteroatoms. The molecule has 48 heavy (non-hydrogen) atoms. The van der Waals surface area contributed by atoms with Crippen LogP contribution in [-0.4, -0.2) is 51.6 Å². The van der Waals surface area contributed by atoms with Gasteiger partial charge in [0.1, 0.15) is 23.3 Å². The minimum Gasteiger partial charge on any atom is -0.445 e. The van der Waals surface area contributed by atoms with Gasteiger partial charge < -0.3 is 34.4 Å². The highest BCUT2D eigenvalue weighted by atomic mass is 16.6. The van der Waals surface area contributed by atoms with E-state index in [4.69, 9.17) is 18.6 Å². The topological polar surface area (TPSA) is 174 Å². The molecule has 3 aromatic carbocycles. The average molecular weight is 660 g/mol. The Labute approximate surface area is 278 Å². The van der Waals surface area contributed by atoms with Gasteiger partial charge in [0, 0.05) is 5.69 Å². The second kappa shape index (κ2) is 15.4. The maximum absolute atomic E-state index is 12.8. The smallest absolute Gasteiger partial charge is 0.437 e. The summed E-state index contributed by atoms with van der Waals surface area (Å²) in [4.78, 5) is 46.0. The van der Waals surface area contributed by atoms with Gasteiger partial charge in [0.2, 0.25) is 11.9 Å². The number of carbonyl (C=O) groups excluding carboxylic acids is 3. The van der Waals surface area contributed by atoms with Crippen LogP contribution < -0.4 is 16.0 Å². The molecule has 0 aliphatic rings. The molecule has 3 amide bonds. The molecule has 0 saturated heterocycles. The van der Waals surface area contributed by atoms with Gasteiger partial charge in [0.25, 0.3) is 0 Å². The van der Waals surface area contributed by atoms with Gasteiger partial charge in [-0.2, -0.15) is 0 Å². The maximum Gasteiger partial charge on any atom is 0.437 e. The van der Waals surface area contributed by atoms with Crippen LogP contribution >= 0.6 is 0 Å². The largest absolute Gasteiger partial charge is 0.445 e. The molecule has 4 rings (SSSR count). The van der Waals surface area contributed by atoms with Crippen molar-refractivity contribution in [2.75, 3.05) is 5.32 Å². The van der Waals surface area contributed by atoms with Crippen molar-refractivity contribution in [1.29, 1.82) is 0 Å². The van der Waals surface area contributed by atoms with E-state index in [0.29, 0.717) is 16.8 Å². The van der Waals surface area contributed by atoms with Crippen LogP contribution in [0.4, 0.5) is 20.1 Å². The quantitative estimate of drug-likeness (QED) is 0.0914. The van der Waals surface area contributed by atoms with Crippen LogP contribution in [-0.2, 0) is 27.2 Å². The van der Waals surface area contributed by atoms with Crippen LogP contribution in [0.15, 0.2) is 88.3 Å². The van der Waals surface area contributed by atoms with Crippen molar-refractivity contribution in [3.05, 3.63) is 95.9 Å². The monoisotopic (exact) mass is 659 g/mol. The molecule has 0 aliphatic heterocycles. The molecule has 1 heterocycles. The number of aromatic nitrogens is 1. The number of benzene rings is 3. The van der Waals surface area contributed by atoms with Crippen molar-refractivity contribution < 1.29 is 38.1 Å². The summed E-state index contributed by atoms with van der Waals surface area (Å²) < 4.78 is 21.8. The van der Waals surface area contributed by atoms with E-state index in [9.17, 15) is 19.5 Å². The third kappa shape index (κ3) is 11.4. The summed E-state index contributed by atoms with van der Waals surface area (Å²) in [5.41, 5.74) is 1.46. The minimum atomic E-state index is -1.31. The number of alkyl carbamates (subject to hydrolysis) is 2. The van der Waals surface area contributed by atoms with Gasteiger partial charge in [0.15, 0.2) is 11.7 Å². The summed E-state index contributed by atoms with van der Waals surface area (Å²) in [6, 6.07) is 22.2. The molecule has 0 bridgehead atoms. The number of fused-ring (bicyclic) bond motifs is 1. The molecule has 0 saturated carbocycles. The van der Waals surface area contributed by atoms with Crippen LogP contribution in [0.5, 0.6) is 0 Å². The summed E-state index contributed by atoms with van der Waals surface area (Å²) in [5.74, 6) is -0.169. The molecule has 2 atom stereocenters. The molecule has 4 aromatic rings. The number of oxazole rings is 1. The minimum absolute atomic E-state index is 0.0408. The lowest BCUT2D eigenvalue weighted by Crippen LogP contribution is -2.41. The Hall–Kier alpha value is -5.43. The van der Waals surface area contributed by atoms with Crippen LogP contribution in [0.1, 0.15) is 64.7 Å². The van der Waals surface area contributed by atoms with E-state index < -0.39 is 41.6 Å². The zero-order chi connectivity index (χ0) is 34.9. The zero-order valence-corrected chi connectivity index (χ0v) is 27.8. The van der Waals surface area contributed by atoms with E-state index in [1.54, 1.807) is 90.1 Å². The number of amides is 3. The normalized spacial score (nSPS) is 13.3. The third-order valence-electron chi connectivity index (χ3n) is 6.35. The summed E-state index contributed by atoms with van der Waals surface area (Å²) in [6.07, 6.45) is -3.62. The number of aliphatic imine (C=N–C) groups is 1. The number of nitrogens with one attached hydrogen (secondary N) is 3. The number of nitrogens with zero attached hydrogens (tertiary/aromatic N) is 2. The molecule has 0 spiro atoms. The van der Waals surface area contributed by atoms with Crippen molar-refractivity contribution in [2.45, 2.75) is 77.9 Å². The molecule has 0 radical (unpaired) electrons. The van der Waals surface area contributed by atoms with Crippen LogP contribution in [0.3, 0.4) is 0 Å². The number of hydrogen-bond donors (Lipinski definition) is 4. The molecular formula is C35H41N5O8. The number of ether oxygens (including phenoxy) is 3. The van der Waals surface area contributed by atoms with Crippen molar-refractivity contribution >= 4 is 41.0 Å². The first kappa shape index (κ1) is 35.4. The van der Waals surface area contributed by atoms with Crippen LogP contribution in [0.25, 0.3) is 11.1 Å². The molecule has 0 fully saturated rings. The first-order valence-electron chi connectivity index (χ1n) is 15.3. The number of aliphatic hydroxyl groups is 1. The first-order chi connectivity index (χ1) is 22.6. The number of carbonyl (C=O) groups is 3. The number of hydrogen-bond acceptors (Lipinski definition) is 9. The summed E-state index contributed by atoms with van der Waals surface area (Å²) in [5, 5.41) is 19.4. The van der Waals surface area contributed by atoms with E-state index in [0.717, 1.165) is 11.1 Å². The van der Waals surface area contributed by atoms with Gasteiger partial charge in [-0.1, -0.05) is 54.6 Å². The van der Waals surface area contributed by atoms with E-state index in [1.807, 2.05) is 30.3 Å². The predicted molar refractivity (Wildman–Crippen MR) is 179 cm³/mol. The van der Waals surface area contributed by atoms with E-state index in [1.165, 1.54) is 0 Å². The lowest BCUT2D eigenvalue weighted by Gasteiger charge is -2.22. The number of anilines is 1. The Morgan fingerprint density at radius 3 is 2.12 bits per heavy atom. The Kier molecular flexibility index (Phi) is 11.4. The summed E-state index contributed by atoms with van der Waals surface area (Å²) >= 11 is 0.